The van der Waals surface area contributed by atoms with Crippen LogP contribution in [0.15, 0.2) is 23.3 Å². The van der Waals surface area contributed by atoms with Gasteiger partial charge >= 0.3 is 0 Å². The number of nitrogen functional groups attached to an aromatic ring is 1. The summed E-state index contributed by atoms with van der Waals surface area (Å²) in [5.41, 5.74) is 7.58. The summed E-state index contributed by atoms with van der Waals surface area (Å²) in [6.07, 6.45) is 3.59. The van der Waals surface area contributed by atoms with Gasteiger partial charge in [-0.2, -0.15) is 9.62 Å². The molecule has 6 rings (SSSR count). The molecule has 2 fully saturated rings. The summed E-state index contributed by atoms with van der Waals surface area (Å²) in [5, 5.41) is 16.1. The second kappa shape index (κ2) is 6.69. The molecule has 1 aromatic carbocycles. The summed E-state index contributed by atoms with van der Waals surface area (Å²) in [6, 6.07) is 5.78. The van der Waals surface area contributed by atoms with Crippen LogP contribution in [0.4, 0.5) is 5.95 Å². The first kappa shape index (κ1) is 17.7. The van der Waals surface area contributed by atoms with Gasteiger partial charge < -0.3 is 15.8 Å². The lowest BCUT2D eigenvalue weighted by molar-refractivity contribution is 0.0837. The third-order valence-corrected chi connectivity index (χ3v) is 6.16. The third kappa shape index (κ3) is 2.90. The first-order chi connectivity index (χ1) is 14.7. The molecule has 0 spiro atoms. The van der Waals surface area contributed by atoms with Gasteiger partial charge in [0, 0.05) is 37.4 Å². The quantitative estimate of drug-likeness (QED) is 0.636. The highest BCUT2D eigenvalue weighted by Crippen LogP contribution is 2.32. The predicted molar refractivity (Wildman–Crippen MR) is 113 cm³/mol. The molecule has 2 aromatic heterocycles. The highest BCUT2D eigenvalue weighted by atomic mass is 16.5. The number of piperazine rings is 1. The van der Waals surface area contributed by atoms with E-state index in [1.807, 2.05) is 18.2 Å². The van der Waals surface area contributed by atoms with Crippen molar-refractivity contribution in [2.45, 2.75) is 25.4 Å². The van der Waals surface area contributed by atoms with Crippen LogP contribution < -0.4 is 15.8 Å². The lowest BCUT2D eigenvalue weighted by Crippen LogP contribution is -2.54. The molecule has 3 aromatic rings. The maximum Gasteiger partial charge on any atom is 0.223 e. The van der Waals surface area contributed by atoms with Crippen molar-refractivity contribution in [2.75, 3.05) is 39.0 Å². The number of hydrogen-bond donors (Lipinski definition) is 2. The number of benzene rings is 1. The van der Waals surface area contributed by atoms with Crippen LogP contribution in [0.3, 0.4) is 0 Å². The van der Waals surface area contributed by atoms with Crippen molar-refractivity contribution < 1.29 is 4.74 Å². The van der Waals surface area contributed by atoms with E-state index in [-0.39, 0.29) is 0 Å². The Morgan fingerprint density at radius 2 is 2.13 bits per heavy atom. The summed E-state index contributed by atoms with van der Waals surface area (Å²) in [6.45, 7) is 3.80. The summed E-state index contributed by atoms with van der Waals surface area (Å²) in [7, 11) is 1.63. The maximum atomic E-state index is 6.16. The number of para-hydroxylation sites is 1. The fourth-order valence-electron chi connectivity index (χ4n) is 4.36. The molecule has 1 unspecified atom stereocenters. The normalized spacial score (nSPS) is 21.7. The molecule has 1 atom stereocenters. The summed E-state index contributed by atoms with van der Waals surface area (Å²) >= 11 is 0. The van der Waals surface area contributed by atoms with Crippen LogP contribution in [0.2, 0.25) is 0 Å². The highest BCUT2D eigenvalue weighted by molar-refractivity contribution is 5.95. The maximum absolute atomic E-state index is 6.16. The van der Waals surface area contributed by atoms with E-state index < -0.39 is 0 Å². The van der Waals surface area contributed by atoms with Crippen molar-refractivity contribution in [1.82, 2.24) is 34.8 Å². The number of fused-ring (bicyclic) bond motifs is 4. The monoisotopic (exact) mass is 407 g/mol. The zero-order valence-corrected chi connectivity index (χ0v) is 17.0. The van der Waals surface area contributed by atoms with E-state index in [0.717, 1.165) is 49.5 Å². The number of aromatic nitrogens is 4. The molecule has 1 aliphatic carbocycles. The number of amidine groups is 1. The molecule has 3 aliphatic rings. The fourth-order valence-corrected chi connectivity index (χ4v) is 4.36. The van der Waals surface area contributed by atoms with E-state index >= 15 is 0 Å². The van der Waals surface area contributed by atoms with Crippen molar-refractivity contribution in [3.63, 3.8) is 0 Å². The zero-order chi connectivity index (χ0) is 20.2. The summed E-state index contributed by atoms with van der Waals surface area (Å²) in [4.78, 5) is 11.7. The largest absolute Gasteiger partial charge is 0.494 e. The lowest BCUT2D eigenvalue weighted by atomic mass is 10.2. The van der Waals surface area contributed by atoms with Gasteiger partial charge in [-0.05, 0) is 25.0 Å². The second-order valence-corrected chi connectivity index (χ2v) is 8.22. The van der Waals surface area contributed by atoms with Crippen LogP contribution in [0.5, 0.6) is 5.75 Å². The number of anilines is 1. The molecule has 156 valence electrons. The minimum atomic E-state index is 0.291. The van der Waals surface area contributed by atoms with Crippen molar-refractivity contribution in [3.05, 3.63) is 24.0 Å². The molecular formula is C20H25N9O. The number of hydrogen-bond acceptors (Lipinski definition) is 9. The Kier molecular flexibility index (Phi) is 3.95. The molecule has 1 saturated carbocycles. The van der Waals surface area contributed by atoms with Gasteiger partial charge in [0.15, 0.2) is 11.5 Å². The van der Waals surface area contributed by atoms with Gasteiger partial charge in [-0.15, -0.1) is 5.10 Å². The Bertz CT molecular complexity index is 1150. The molecule has 0 radical (unpaired) electrons. The van der Waals surface area contributed by atoms with Crippen molar-refractivity contribution >= 4 is 28.3 Å². The number of ether oxygens (including phenoxy) is 1. The van der Waals surface area contributed by atoms with Gasteiger partial charge in [-0.3, -0.25) is 9.91 Å². The van der Waals surface area contributed by atoms with Crippen LogP contribution in [-0.4, -0.2) is 74.8 Å². The first-order valence-corrected chi connectivity index (χ1v) is 10.5. The standard InChI is InChI=1S/C20H25N9O/c1-30-14-4-2-3-13-17(14)24-20(21)29-19(13)22-15(25-29)7-8-27-9-10-28-16(11-27)23-18(26-28)12-5-6-12/h2-4,12,16H,5-11H2,1H3,(H2,21,24)(H,23,26). The van der Waals surface area contributed by atoms with Gasteiger partial charge in [0.05, 0.1) is 13.7 Å². The topological polar surface area (TPSA) is 109 Å². The number of rotatable bonds is 5. The predicted octanol–water partition coefficient (Wildman–Crippen LogP) is 0.681. The minimum Gasteiger partial charge on any atom is -0.494 e. The molecule has 10 nitrogen and oxygen atoms in total. The average Bonchev–Trinajstić information content (AvgIpc) is 3.37. The van der Waals surface area contributed by atoms with Crippen LogP contribution in [0.25, 0.3) is 16.6 Å². The van der Waals surface area contributed by atoms with Crippen LogP contribution in [-0.2, 0) is 6.42 Å². The van der Waals surface area contributed by atoms with E-state index in [0.29, 0.717) is 29.3 Å². The highest BCUT2D eigenvalue weighted by Gasteiger charge is 2.37. The van der Waals surface area contributed by atoms with Crippen LogP contribution in [0, 0.1) is 5.92 Å². The van der Waals surface area contributed by atoms with E-state index in [2.05, 4.69) is 25.3 Å². The Balaban J connectivity index is 1.19. The van der Waals surface area contributed by atoms with Gasteiger partial charge in [0.1, 0.15) is 23.3 Å². The van der Waals surface area contributed by atoms with E-state index in [9.17, 15) is 0 Å². The van der Waals surface area contributed by atoms with Gasteiger partial charge in [-0.25, -0.2) is 9.97 Å². The number of methoxy groups -OCH3 is 1. The number of nitrogens with zero attached hydrogens (tertiary/aromatic N) is 7. The Hall–Kier alpha value is -3.14. The molecule has 1 saturated heterocycles. The third-order valence-electron chi connectivity index (χ3n) is 6.16. The molecular weight excluding hydrogens is 382 g/mol. The number of hydrazone groups is 1. The lowest BCUT2D eigenvalue weighted by Gasteiger charge is -2.36. The van der Waals surface area contributed by atoms with Crippen LogP contribution >= 0.6 is 0 Å². The summed E-state index contributed by atoms with van der Waals surface area (Å²) < 4.78 is 7.05. The van der Waals surface area contributed by atoms with E-state index in [4.69, 9.17) is 20.6 Å². The minimum absolute atomic E-state index is 0.291. The van der Waals surface area contributed by atoms with Crippen molar-refractivity contribution in [2.24, 2.45) is 11.0 Å². The number of nitrogens with two attached hydrogens (primary N) is 1. The number of nitrogens with one attached hydrogen (secondary N) is 1. The van der Waals surface area contributed by atoms with Gasteiger partial charge in [0.25, 0.3) is 0 Å². The van der Waals surface area contributed by atoms with Crippen LogP contribution in [0.1, 0.15) is 18.7 Å². The summed E-state index contributed by atoms with van der Waals surface area (Å²) in [5.74, 6) is 3.62. The molecule has 0 amide bonds. The van der Waals surface area contributed by atoms with E-state index in [1.165, 1.54) is 18.7 Å². The second-order valence-electron chi connectivity index (χ2n) is 8.22. The molecule has 3 N–H and O–H groups in total. The molecule has 10 heteroatoms. The van der Waals surface area contributed by atoms with E-state index in [1.54, 1.807) is 11.6 Å². The smallest absolute Gasteiger partial charge is 0.223 e. The Morgan fingerprint density at radius 3 is 2.97 bits per heavy atom. The SMILES string of the molecule is COc1cccc2c1nc(N)n1nc(CCN3CCN4N=C(C5CC5)NC4C3)nc21. The molecule has 2 aliphatic heterocycles. The molecule has 30 heavy (non-hydrogen) atoms. The van der Waals surface area contributed by atoms with Crippen molar-refractivity contribution in [3.8, 4) is 5.75 Å². The fraction of sp³-hybridized carbons (Fsp3) is 0.500. The van der Waals surface area contributed by atoms with Crippen molar-refractivity contribution in [1.29, 1.82) is 0 Å². The van der Waals surface area contributed by atoms with Gasteiger partial charge in [-0.1, -0.05) is 6.07 Å². The molecule has 0 bridgehead atoms. The zero-order valence-electron chi connectivity index (χ0n) is 17.0. The first-order valence-electron chi connectivity index (χ1n) is 10.5. The average molecular weight is 407 g/mol. The Labute approximate surface area is 173 Å². The van der Waals surface area contributed by atoms with Gasteiger partial charge in [0.2, 0.25) is 5.95 Å². The molecule has 4 heterocycles. The Morgan fingerprint density at radius 1 is 1.23 bits per heavy atom.